The first-order valence-corrected chi connectivity index (χ1v) is 6.33. The molecule has 0 unspecified atom stereocenters. The summed E-state index contributed by atoms with van der Waals surface area (Å²) >= 11 is 0. The molecule has 3 N–H and O–H groups in total. The van der Waals surface area contributed by atoms with Crippen LogP contribution in [0.2, 0.25) is 0 Å². The molecule has 1 aromatic heterocycles. The fraction of sp³-hybridized carbons (Fsp3) is 0.538. The molecule has 1 aliphatic heterocycles. The van der Waals surface area contributed by atoms with Crippen molar-refractivity contribution in [3.8, 4) is 0 Å². The molecule has 1 atom stereocenters. The molecule has 2 heterocycles. The Morgan fingerprint density at radius 3 is 3.22 bits per heavy atom. The van der Waals surface area contributed by atoms with Crippen LogP contribution in [0.5, 0.6) is 0 Å². The second-order valence-corrected chi connectivity index (χ2v) is 4.59. The van der Waals surface area contributed by atoms with E-state index < -0.39 is 5.91 Å². The van der Waals surface area contributed by atoms with Crippen LogP contribution in [0.15, 0.2) is 18.3 Å². The standard InChI is InChI=1S/C13H19N3O2/c14-13(17)11-4-6-16-12(8-11)15-5-3-10-2-1-7-18-9-10/h4,6,8,10H,1-3,5,7,9H2,(H2,14,17)(H,15,16)/t10-/m0/s1. The number of amides is 1. The van der Waals surface area contributed by atoms with E-state index in [1.807, 2.05) is 0 Å². The maximum atomic E-state index is 11.0. The van der Waals surface area contributed by atoms with Crippen molar-refractivity contribution in [2.75, 3.05) is 25.1 Å². The Bertz CT molecular complexity index is 403. The van der Waals surface area contributed by atoms with Gasteiger partial charge in [-0.05, 0) is 37.3 Å². The third-order valence-corrected chi connectivity index (χ3v) is 3.16. The van der Waals surface area contributed by atoms with Gasteiger partial charge in [0.05, 0.1) is 0 Å². The van der Waals surface area contributed by atoms with Crippen LogP contribution < -0.4 is 11.1 Å². The Kier molecular flexibility index (Phi) is 4.52. The second-order valence-electron chi connectivity index (χ2n) is 4.59. The molecular weight excluding hydrogens is 230 g/mol. The minimum absolute atomic E-state index is 0.430. The van der Waals surface area contributed by atoms with Crippen LogP contribution in [0.4, 0.5) is 5.82 Å². The summed E-state index contributed by atoms with van der Waals surface area (Å²) in [5.41, 5.74) is 5.70. The largest absolute Gasteiger partial charge is 0.381 e. The molecule has 1 aliphatic rings. The van der Waals surface area contributed by atoms with Crippen LogP contribution in [0.1, 0.15) is 29.6 Å². The predicted octanol–water partition coefficient (Wildman–Crippen LogP) is 1.41. The van der Waals surface area contributed by atoms with E-state index in [2.05, 4.69) is 10.3 Å². The predicted molar refractivity (Wildman–Crippen MR) is 69.4 cm³/mol. The lowest BCUT2D eigenvalue weighted by Crippen LogP contribution is -2.20. The van der Waals surface area contributed by atoms with Gasteiger partial charge in [-0.15, -0.1) is 0 Å². The van der Waals surface area contributed by atoms with Crippen LogP contribution in [-0.2, 0) is 4.74 Å². The molecule has 0 saturated carbocycles. The molecule has 0 aromatic carbocycles. The SMILES string of the molecule is NC(=O)c1ccnc(NCC[C@@H]2CCCOC2)c1. The molecule has 0 spiro atoms. The van der Waals surface area contributed by atoms with Crippen molar-refractivity contribution < 1.29 is 9.53 Å². The number of primary amides is 1. The molecule has 0 radical (unpaired) electrons. The first kappa shape index (κ1) is 12.8. The molecule has 1 fully saturated rings. The summed E-state index contributed by atoms with van der Waals surface area (Å²) in [7, 11) is 0. The average Bonchev–Trinajstić information content (AvgIpc) is 2.40. The van der Waals surface area contributed by atoms with Gasteiger partial charge in [0.1, 0.15) is 5.82 Å². The number of carbonyl (C=O) groups is 1. The van der Waals surface area contributed by atoms with Crippen molar-refractivity contribution in [3.05, 3.63) is 23.9 Å². The maximum absolute atomic E-state index is 11.0. The number of nitrogens with two attached hydrogens (primary N) is 1. The van der Waals surface area contributed by atoms with Gasteiger partial charge in [-0.2, -0.15) is 0 Å². The van der Waals surface area contributed by atoms with Gasteiger partial charge in [-0.1, -0.05) is 0 Å². The summed E-state index contributed by atoms with van der Waals surface area (Å²) in [6.45, 7) is 2.59. The van der Waals surface area contributed by atoms with Gasteiger partial charge in [0.15, 0.2) is 0 Å². The summed E-state index contributed by atoms with van der Waals surface area (Å²) in [6.07, 6.45) is 5.03. The van der Waals surface area contributed by atoms with E-state index in [9.17, 15) is 4.79 Å². The number of pyridine rings is 1. The third kappa shape index (κ3) is 3.70. The highest BCUT2D eigenvalue weighted by molar-refractivity contribution is 5.93. The average molecular weight is 249 g/mol. The highest BCUT2D eigenvalue weighted by atomic mass is 16.5. The molecule has 2 rings (SSSR count). The number of hydrogen-bond acceptors (Lipinski definition) is 4. The number of nitrogens with zero attached hydrogens (tertiary/aromatic N) is 1. The summed E-state index contributed by atoms with van der Waals surface area (Å²) in [6, 6.07) is 3.29. The van der Waals surface area contributed by atoms with Crippen molar-refractivity contribution in [3.63, 3.8) is 0 Å². The zero-order chi connectivity index (χ0) is 12.8. The molecule has 0 bridgehead atoms. The second kappa shape index (κ2) is 6.35. The highest BCUT2D eigenvalue weighted by Gasteiger charge is 2.13. The Balaban J connectivity index is 1.78. The topological polar surface area (TPSA) is 77.2 Å². The Hall–Kier alpha value is -1.62. The molecular formula is C13H19N3O2. The molecule has 18 heavy (non-hydrogen) atoms. The molecule has 0 aliphatic carbocycles. The van der Waals surface area contributed by atoms with E-state index in [0.29, 0.717) is 17.3 Å². The molecule has 5 nitrogen and oxygen atoms in total. The fourth-order valence-corrected chi connectivity index (χ4v) is 2.12. The van der Waals surface area contributed by atoms with Crippen LogP contribution >= 0.6 is 0 Å². The number of ether oxygens (including phenoxy) is 1. The van der Waals surface area contributed by atoms with Gasteiger partial charge in [0.2, 0.25) is 5.91 Å². The molecule has 1 saturated heterocycles. The van der Waals surface area contributed by atoms with E-state index in [-0.39, 0.29) is 0 Å². The Labute approximate surface area is 107 Å². The number of rotatable bonds is 5. The lowest BCUT2D eigenvalue weighted by atomic mass is 9.99. The van der Waals surface area contributed by atoms with Crippen LogP contribution in [0.3, 0.4) is 0 Å². The van der Waals surface area contributed by atoms with Crippen molar-refractivity contribution in [1.82, 2.24) is 4.98 Å². The van der Waals surface area contributed by atoms with E-state index in [4.69, 9.17) is 10.5 Å². The van der Waals surface area contributed by atoms with Gasteiger partial charge < -0.3 is 15.8 Å². The minimum Gasteiger partial charge on any atom is -0.381 e. The number of nitrogens with one attached hydrogen (secondary N) is 1. The van der Waals surface area contributed by atoms with Crippen molar-refractivity contribution in [1.29, 1.82) is 0 Å². The first-order valence-electron chi connectivity index (χ1n) is 6.33. The third-order valence-electron chi connectivity index (χ3n) is 3.16. The Morgan fingerprint density at radius 1 is 1.61 bits per heavy atom. The number of aromatic nitrogens is 1. The van der Waals surface area contributed by atoms with Crippen LogP contribution in [0.25, 0.3) is 0 Å². The number of hydrogen-bond donors (Lipinski definition) is 2. The zero-order valence-electron chi connectivity index (χ0n) is 10.4. The highest BCUT2D eigenvalue weighted by Crippen LogP contribution is 2.17. The van der Waals surface area contributed by atoms with Gasteiger partial charge in [-0.25, -0.2) is 4.98 Å². The number of anilines is 1. The summed E-state index contributed by atoms with van der Waals surface area (Å²) < 4.78 is 5.43. The molecule has 1 amide bonds. The smallest absolute Gasteiger partial charge is 0.248 e. The lowest BCUT2D eigenvalue weighted by molar-refractivity contribution is 0.0530. The van der Waals surface area contributed by atoms with Crippen molar-refractivity contribution >= 4 is 11.7 Å². The molecule has 5 heteroatoms. The summed E-state index contributed by atoms with van der Waals surface area (Å²) in [4.78, 5) is 15.2. The molecule has 1 aromatic rings. The first-order chi connectivity index (χ1) is 8.75. The summed E-state index contributed by atoms with van der Waals surface area (Å²) in [5, 5.41) is 3.21. The molecule has 98 valence electrons. The van der Waals surface area contributed by atoms with E-state index in [0.717, 1.165) is 32.6 Å². The lowest BCUT2D eigenvalue weighted by Gasteiger charge is -2.22. The van der Waals surface area contributed by atoms with E-state index >= 15 is 0 Å². The fourth-order valence-electron chi connectivity index (χ4n) is 2.12. The Morgan fingerprint density at radius 2 is 2.50 bits per heavy atom. The summed E-state index contributed by atoms with van der Waals surface area (Å²) in [5.74, 6) is 0.898. The minimum atomic E-state index is -0.430. The maximum Gasteiger partial charge on any atom is 0.248 e. The van der Waals surface area contributed by atoms with Crippen molar-refractivity contribution in [2.45, 2.75) is 19.3 Å². The van der Waals surface area contributed by atoms with Gasteiger partial charge in [0.25, 0.3) is 0 Å². The quantitative estimate of drug-likeness (QED) is 0.827. The van der Waals surface area contributed by atoms with Gasteiger partial charge in [0, 0.05) is 31.5 Å². The van der Waals surface area contributed by atoms with E-state index in [1.54, 1.807) is 18.3 Å². The van der Waals surface area contributed by atoms with Crippen LogP contribution in [-0.4, -0.2) is 30.6 Å². The normalized spacial score (nSPS) is 19.4. The van der Waals surface area contributed by atoms with Gasteiger partial charge in [-0.3, -0.25) is 4.79 Å². The monoisotopic (exact) mass is 249 g/mol. The van der Waals surface area contributed by atoms with E-state index in [1.165, 1.54) is 6.42 Å². The van der Waals surface area contributed by atoms with Crippen LogP contribution in [0, 0.1) is 5.92 Å². The number of carbonyl (C=O) groups excluding carboxylic acids is 1. The van der Waals surface area contributed by atoms with Crippen molar-refractivity contribution in [2.24, 2.45) is 11.7 Å². The zero-order valence-corrected chi connectivity index (χ0v) is 10.4. The van der Waals surface area contributed by atoms with Gasteiger partial charge >= 0.3 is 0 Å².